The summed E-state index contributed by atoms with van der Waals surface area (Å²) in [5.41, 5.74) is 11.7. The van der Waals surface area contributed by atoms with Gasteiger partial charge in [-0.15, -0.1) is 0 Å². The number of nitrogens with two attached hydrogens (primary N) is 1. The van der Waals surface area contributed by atoms with E-state index >= 15 is 0 Å². The van der Waals surface area contributed by atoms with E-state index in [1.165, 1.54) is 41.5 Å². The third-order valence-corrected chi connectivity index (χ3v) is 3.02. The zero-order valence-corrected chi connectivity index (χ0v) is 9.59. The summed E-state index contributed by atoms with van der Waals surface area (Å²) < 4.78 is 0. The zero-order chi connectivity index (χ0) is 10.8. The second-order valence-corrected chi connectivity index (χ2v) is 4.65. The van der Waals surface area contributed by atoms with Crippen molar-refractivity contribution in [1.82, 2.24) is 0 Å². The van der Waals surface area contributed by atoms with Gasteiger partial charge in [0.25, 0.3) is 0 Å². The van der Waals surface area contributed by atoms with Gasteiger partial charge in [-0.1, -0.05) is 29.8 Å². The minimum atomic E-state index is 0.0564. The van der Waals surface area contributed by atoms with Crippen LogP contribution in [0.2, 0.25) is 0 Å². The molecule has 2 rings (SSSR count). The predicted molar refractivity (Wildman–Crippen MR) is 64.8 cm³/mol. The van der Waals surface area contributed by atoms with Crippen molar-refractivity contribution in [2.45, 2.75) is 39.2 Å². The van der Waals surface area contributed by atoms with Gasteiger partial charge in [0.15, 0.2) is 0 Å². The average Bonchev–Trinajstić information content (AvgIpc) is 2.62. The van der Waals surface area contributed by atoms with Crippen molar-refractivity contribution < 1.29 is 0 Å². The van der Waals surface area contributed by atoms with Gasteiger partial charge < -0.3 is 5.73 Å². The topological polar surface area (TPSA) is 26.0 Å². The Morgan fingerprint density at radius 2 is 2.00 bits per heavy atom. The normalized spacial score (nSPS) is 15.9. The van der Waals surface area contributed by atoms with E-state index in [4.69, 9.17) is 5.73 Å². The van der Waals surface area contributed by atoms with Gasteiger partial charge in [0.2, 0.25) is 0 Å². The molecule has 0 saturated heterocycles. The summed E-state index contributed by atoms with van der Waals surface area (Å²) in [6, 6.07) is 6.76. The highest BCUT2D eigenvalue weighted by molar-refractivity contribution is 5.37. The average molecular weight is 201 g/mol. The molecular weight excluding hydrogens is 182 g/mol. The lowest BCUT2D eigenvalue weighted by Gasteiger charge is -2.10. The van der Waals surface area contributed by atoms with Crippen LogP contribution in [0, 0.1) is 0 Å². The summed E-state index contributed by atoms with van der Waals surface area (Å²) in [4.78, 5) is 0. The van der Waals surface area contributed by atoms with Crippen LogP contribution in [0.5, 0.6) is 0 Å². The molecule has 0 aromatic heterocycles. The highest BCUT2D eigenvalue weighted by Gasteiger charge is 2.12. The summed E-state index contributed by atoms with van der Waals surface area (Å²) in [5, 5.41) is 0. The van der Waals surface area contributed by atoms with Crippen molar-refractivity contribution in [3.05, 3.63) is 46.5 Å². The van der Waals surface area contributed by atoms with E-state index in [0.29, 0.717) is 0 Å². The lowest BCUT2D eigenvalue weighted by Crippen LogP contribution is -2.07. The molecule has 1 aromatic carbocycles. The van der Waals surface area contributed by atoms with Crippen molar-refractivity contribution in [1.29, 1.82) is 0 Å². The standard InChI is InChI=1S/C14H19N/c1-10(2)8-14(15)13-7-6-11-4-3-5-12(11)9-13/h6-9,14H,3-5,15H2,1-2H3. The monoisotopic (exact) mass is 201 g/mol. The lowest BCUT2D eigenvalue weighted by molar-refractivity contribution is 0.892. The lowest BCUT2D eigenvalue weighted by atomic mass is 10.0. The summed E-state index contributed by atoms with van der Waals surface area (Å²) in [7, 11) is 0. The quantitative estimate of drug-likeness (QED) is 0.731. The third-order valence-electron chi connectivity index (χ3n) is 3.02. The van der Waals surface area contributed by atoms with E-state index in [9.17, 15) is 0 Å². The molecule has 0 saturated carbocycles. The Hall–Kier alpha value is -1.08. The first kappa shape index (κ1) is 10.4. The molecule has 1 aromatic rings. The maximum atomic E-state index is 6.11. The molecule has 0 aliphatic heterocycles. The minimum absolute atomic E-state index is 0.0564. The highest BCUT2D eigenvalue weighted by Crippen LogP contribution is 2.25. The van der Waals surface area contributed by atoms with E-state index < -0.39 is 0 Å². The van der Waals surface area contributed by atoms with E-state index in [1.54, 1.807) is 0 Å². The molecule has 0 spiro atoms. The van der Waals surface area contributed by atoms with Gasteiger partial charge >= 0.3 is 0 Å². The number of allylic oxidation sites excluding steroid dienone is 1. The van der Waals surface area contributed by atoms with Crippen molar-refractivity contribution >= 4 is 0 Å². The highest BCUT2D eigenvalue weighted by atomic mass is 14.6. The Morgan fingerprint density at radius 1 is 1.27 bits per heavy atom. The number of fused-ring (bicyclic) bond motifs is 1. The van der Waals surface area contributed by atoms with Crippen LogP contribution in [-0.4, -0.2) is 0 Å². The number of rotatable bonds is 2. The summed E-state index contributed by atoms with van der Waals surface area (Å²) >= 11 is 0. The van der Waals surface area contributed by atoms with Crippen LogP contribution < -0.4 is 5.73 Å². The Morgan fingerprint density at radius 3 is 2.73 bits per heavy atom. The Labute approximate surface area is 92.0 Å². The molecule has 0 bridgehead atoms. The Bertz CT molecular complexity index is 386. The van der Waals surface area contributed by atoms with Crippen LogP contribution in [0.15, 0.2) is 29.8 Å². The van der Waals surface area contributed by atoms with Gasteiger partial charge in [-0.05, 0) is 49.8 Å². The SMILES string of the molecule is CC(C)=CC(N)c1ccc2c(c1)CCC2. The van der Waals surface area contributed by atoms with Crippen LogP contribution in [0.3, 0.4) is 0 Å². The number of hydrogen-bond donors (Lipinski definition) is 1. The van der Waals surface area contributed by atoms with Gasteiger partial charge in [-0.2, -0.15) is 0 Å². The first-order chi connectivity index (χ1) is 7.16. The molecule has 15 heavy (non-hydrogen) atoms. The molecular formula is C14H19N. The maximum Gasteiger partial charge on any atom is 0.0483 e. The summed E-state index contributed by atoms with van der Waals surface area (Å²) in [6.07, 6.45) is 5.89. The number of hydrogen-bond acceptors (Lipinski definition) is 1. The van der Waals surface area contributed by atoms with Gasteiger partial charge in [-0.3, -0.25) is 0 Å². The van der Waals surface area contributed by atoms with Gasteiger partial charge in [0.1, 0.15) is 0 Å². The molecule has 0 heterocycles. The fourth-order valence-electron chi connectivity index (χ4n) is 2.25. The smallest absolute Gasteiger partial charge is 0.0483 e. The Kier molecular flexibility index (Phi) is 2.92. The third kappa shape index (κ3) is 2.29. The minimum Gasteiger partial charge on any atom is -0.321 e. The molecule has 0 radical (unpaired) electrons. The van der Waals surface area contributed by atoms with Crippen molar-refractivity contribution in [3.63, 3.8) is 0 Å². The molecule has 80 valence electrons. The van der Waals surface area contributed by atoms with Crippen LogP contribution in [0.1, 0.15) is 43.0 Å². The van der Waals surface area contributed by atoms with E-state index in [0.717, 1.165) is 0 Å². The van der Waals surface area contributed by atoms with Crippen molar-refractivity contribution in [2.75, 3.05) is 0 Å². The maximum absolute atomic E-state index is 6.11. The molecule has 1 aliphatic carbocycles. The first-order valence-electron chi connectivity index (χ1n) is 5.69. The van der Waals surface area contributed by atoms with Crippen molar-refractivity contribution in [2.24, 2.45) is 5.73 Å². The second kappa shape index (κ2) is 4.19. The van der Waals surface area contributed by atoms with Crippen molar-refractivity contribution in [3.8, 4) is 0 Å². The largest absolute Gasteiger partial charge is 0.321 e. The Balaban J connectivity index is 2.26. The number of aryl methyl sites for hydroxylation is 2. The van der Waals surface area contributed by atoms with E-state index in [1.807, 2.05) is 0 Å². The van der Waals surface area contributed by atoms with Gasteiger partial charge in [-0.25, -0.2) is 0 Å². The zero-order valence-electron chi connectivity index (χ0n) is 9.59. The van der Waals surface area contributed by atoms with Crippen LogP contribution in [0.4, 0.5) is 0 Å². The molecule has 0 fully saturated rings. The van der Waals surface area contributed by atoms with E-state index in [2.05, 4.69) is 38.1 Å². The molecule has 2 N–H and O–H groups in total. The molecule has 1 atom stereocenters. The molecule has 1 heteroatoms. The molecule has 0 amide bonds. The predicted octanol–water partition coefficient (Wildman–Crippen LogP) is 3.14. The molecule has 1 aliphatic rings. The summed E-state index contributed by atoms with van der Waals surface area (Å²) in [5.74, 6) is 0. The van der Waals surface area contributed by atoms with Crippen LogP contribution >= 0.6 is 0 Å². The van der Waals surface area contributed by atoms with Crippen LogP contribution in [-0.2, 0) is 12.8 Å². The first-order valence-corrected chi connectivity index (χ1v) is 5.69. The van der Waals surface area contributed by atoms with E-state index in [-0.39, 0.29) is 6.04 Å². The van der Waals surface area contributed by atoms with Gasteiger partial charge in [0.05, 0.1) is 0 Å². The fraction of sp³-hybridized carbons (Fsp3) is 0.429. The molecule has 1 unspecified atom stereocenters. The second-order valence-electron chi connectivity index (χ2n) is 4.65. The summed E-state index contributed by atoms with van der Waals surface area (Å²) in [6.45, 7) is 4.18. The fourth-order valence-corrected chi connectivity index (χ4v) is 2.25. The molecule has 1 nitrogen and oxygen atoms in total. The van der Waals surface area contributed by atoms with Gasteiger partial charge in [0, 0.05) is 6.04 Å². The number of benzene rings is 1. The van der Waals surface area contributed by atoms with Crippen LogP contribution in [0.25, 0.3) is 0 Å².